The largest absolute Gasteiger partial charge is 0.416 e. The summed E-state index contributed by atoms with van der Waals surface area (Å²) in [6.45, 7) is -0.104. The number of primary amides is 1. The first-order valence-corrected chi connectivity index (χ1v) is 8.14. The van der Waals surface area contributed by atoms with Crippen molar-refractivity contribution >= 4 is 5.91 Å². The predicted molar refractivity (Wildman–Crippen MR) is 87.6 cm³/mol. The summed E-state index contributed by atoms with van der Waals surface area (Å²) in [7, 11) is 0. The van der Waals surface area contributed by atoms with Crippen LogP contribution in [0.1, 0.15) is 45.6 Å². The molecular formula is C18H17F3N2O3. The Morgan fingerprint density at radius 3 is 2.42 bits per heavy atom. The second kappa shape index (κ2) is 6.86. The maximum atomic E-state index is 12.6. The predicted octanol–water partition coefficient (Wildman–Crippen LogP) is 2.47. The summed E-state index contributed by atoms with van der Waals surface area (Å²) < 4.78 is 38.9. The van der Waals surface area contributed by atoms with Crippen molar-refractivity contribution in [1.29, 1.82) is 0 Å². The number of hydrogen-bond acceptors (Lipinski definition) is 3. The Balaban J connectivity index is 1.89. The third-order valence-corrected chi connectivity index (χ3v) is 4.37. The maximum Gasteiger partial charge on any atom is 0.416 e. The first kappa shape index (κ1) is 18.0. The van der Waals surface area contributed by atoms with E-state index in [0.717, 1.165) is 35.3 Å². The van der Waals surface area contributed by atoms with Gasteiger partial charge in [-0.25, -0.2) is 0 Å². The summed E-state index contributed by atoms with van der Waals surface area (Å²) in [4.78, 5) is 29.5. The monoisotopic (exact) mass is 366 g/mol. The van der Waals surface area contributed by atoms with E-state index in [0.29, 0.717) is 24.1 Å². The lowest BCUT2D eigenvalue weighted by atomic mass is 9.95. The molecule has 0 saturated heterocycles. The molecule has 8 heteroatoms. The Morgan fingerprint density at radius 2 is 1.81 bits per heavy atom. The average molecular weight is 366 g/mol. The van der Waals surface area contributed by atoms with E-state index in [1.807, 2.05) is 0 Å². The number of nitrogens with zero attached hydrogens (tertiary/aromatic N) is 1. The van der Waals surface area contributed by atoms with Crippen LogP contribution in [0.3, 0.4) is 0 Å². The molecule has 0 bridgehead atoms. The standard InChI is InChI=1S/C18H17F3N2O3/c19-18(20,21)13-7-5-11(6-8-13)10-26-23-15-4-2-1-3-12(15)9-14(16(22)24)17(23)25/h5-9H,1-4,10H2,(H2,22,24). The lowest BCUT2D eigenvalue weighted by Gasteiger charge is -2.21. The SMILES string of the molecule is NC(=O)c1cc2c(n(OCc3ccc(C(F)(F)F)cc3)c1=O)CCCC2. The number of fused-ring (bicyclic) bond motifs is 1. The third kappa shape index (κ3) is 3.58. The van der Waals surface area contributed by atoms with Gasteiger partial charge in [-0.3, -0.25) is 9.59 Å². The zero-order valence-corrected chi connectivity index (χ0v) is 13.8. The number of alkyl halides is 3. The van der Waals surface area contributed by atoms with Crippen LogP contribution in [-0.2, 0) is 25.6 Å². The first-order chi connectivity index (χ1) is 12.3. The Bertz CT molecular complexity index is 886. The molecular weight excluding hydrogens is 349 g/mol. The summed E-state index contributed by atoms with van der Waals surface area (Å²) in [5.41, 5.74) is 5.69. The molecule has 2 aromatic rings. The number of halogens is 3. The molecule has 1 aliphatic carbocycles. The average Bonchev–Trinajstić information content (AvgIpc) is 2.60. The van der Waals surface area contributed by atoms with Crippen molar-refractivity contribution in [3.05, 3.63) is 68.6 Å². The minimum absolute atomic E-state index is 0.104. The van der Waals surface area contributed by atoms with Gasteiger partial charge in [0, 0.05) is 0 Å². The number of benzene rings is 1. The van der Waals surface area contributed by atoms with Crippen molar-refractivity contribution in [3.8, 4) is 0 Å². The molecule has 5 nitrogen and oxygen atoms in total. The topological polar surface area (TPSA) is 74.3 Å². The van der Waals surface area contributed by atoms with Crippen LogP contribution in [0.5, 0.6) is 0 Å². The molecule has 0 atom stereocenters. The van der Waals surface area contributed by atoms with Gasteiger partial charge in [0.2, 0.25) is 0 Å². The van der Waals surface area contributed by atoms with Crippen molar-refractivity contribution < 1.29 is 22.8 Å². The maximum absolute atomic E-state index is 12.6. The van der Waals surface area contributed by atoms with Crippen LogP contribution in [0, 0.1) is 0 Å². The van der Waals surface area contributed by atoms with Crippen molar-refractivity contribution in [2.24, 2.45) is 5.73 Å². The zero-order valence-electron chi connectivity index (χ0n) is 13.8. The van der Waals surface area contributed by atoms with Crippen molar-refractivity contribution in [3.63, 3.8) is 0 Å². The van der Waals surface area contributed by atoms with E-state index in [2.05, 4.69) is 0 Å². The van der Waals surface area contributed by atoms with Crippen LogP contribution in [0.4, 0.5) is 13.2 Å². The highest BCUT2D eigenvalue weighted by molar-refractivity contribution is 5.92. The van der Waals surface area contributed by atoms with Gasteiger partial charge in [0.1, 0.15) is 12.2 Å². The number of carbonyl (C=O) groups excluding carboxylic acids is 1. The van der Waals surface area contributed by atoms with Gasteiger partial charge in [-0.1, -0.05) is 12.1 Å². The fourth-order valence-corrected chi connectivity index (χ4v) is 3.01. The summed E-state index contributed by atoms with van der Waals surface area (Å²) >= 11 is 0. The van der Waals surface area contributed by atoms with Gasteiger partial charge in [0.05, 0.1) is 11.3 Å². The van der Waals surface area contributed by atoms with Crippen LogP contribution in [0.25, 0.3) is 0 Å². The van der Waals surface area contributed by atoms with E-state index < -0.39 is 23.2 Å². The van der Waals surface area contributed by atoms with E-state index >= 15 is 0 Å². The van der Waals surface area contributed by atoms with Crippen LogP contribution in [-0.4, -0.2) is 10.6 Å². The van der Waals surface area contributed by atoms with Gasteiger partial charge >= 0.3 is 6.18 Å². The molecule has 1 aliphatic rings. The molecule has 0 fully saturated rings. The van der Waals surface area contributed by atoms with E-state index in [1.165, 1.54) is 18.2 Å². The molecule has 0 spiro atoms. The van der Waals surface area contributed by atoms with Gasteiger partial charge in [0.25, 0.3) is 11.5 Å². The molecule has 1 heterocycles. The smallest absolute Gasteiger partial charge is 0.406 e. The number of hydrogen-bond donors (Lipinski definition) is 1. The van der Waals surface area contributed by atoms with Crippen LogP contribution >= 0.6 is 0 Å². The Labute approximate surface area is 147 Å². The minimum Gasteiger partial charge on any atom is -0.406 e. The van der Waals surface area contributed by atoms with E-state index in [1.54, 1.807) is 0 Å². The number of amides is 1. The molecule has 0 saturated carbocycles. The second-order valence-corrected chi connectivity index (χ2v) is 6.17. The molecule has 0 aliphatic heterocycles. The van der Waals surface area contributed by atoms with Gasteiger partial charge < -0.3 is 10.6 Å². The molecule has 1 amide bonds. The van der Waals surface area contributed by atoms with Crippen molar-refractivity contribution in [2.75, 3.05) is 0 Å². The molecule has 1 aromatic heterocycles. The Kier molecular flexibility index (Phi) is 4.76. The summed E-state index contributed by atoms with van der Waals surface area (Å²) in [6.07, 6.45) is -1.27. The fraction of sp³-hybridized carbons (Fsp3) is 0.333. The molecule has 138 valence electrons. The van der Waals surface area contributed by atoms with E-state index in [-0.39, 0.29) is 12.2 Å². The molecule has 26 heavy (non-hydrogen) atoms. The third-order valence-electron chi connectivity index (χ3n) is 4.37. The zero-order chi connectivity index (χ0) is 18.9. The van der Waals surface area contributed by atoms with Crippen LogP contribution in [0.15, 0.2) is 35.1 Å². The quantitative estimate of drug-likeness (QED) is 0.903. The molecule has 3 rings (SSSR count). The van der Waals surface area contributed by atoms with Gasteiger partial charge in [-0.15, -0.1) is 4.73 Å². The Hall–Kier alpha value is -2.77. The second-order valence-electron chi connectivity index (χ2n) is 6.17. The number of carbonyl (C=O) groups is 1. The Morgan fingerprint density at radius 1 is 1.15 bits per heavy atom. The lowest BCUT2D eigenvalue weighted by Crippen LogP contribution is -2.37. The molecule has 2 N–H and O–H groups in total. The molecule has 1 aromatic carbocycles. The van der Waals surface area contributed by atoms with Crippen molar-refractivity contribution in [1.82, 2.24) is 4.73 Å². The first-order valence-electron chi connectivity index (χ1n) is 8.14. The van der Waals surface area contributed by atoms with Gasteiger partial charge in [-0.2, -0.15) is 13.2 Å². The normalized spacial score (nSPS) is 14.0. The van der Waals surface area contributed by atoms with Crippen molar-refractivity contribution in [2.45, 2.75) is 38.5 Å². The highest BCUT2D eigenvalue weighted by Crippen LogP contribution is 2.29. The number of nitrogens with two attached hydrogens (primary N) is 1. The molecule has 0 unspecified atom stereocenters. The summed E-state index contributed by atoms with van der Waals surface area (Å²) in [6, 6.07) is 6.00. The number of aromatic nitrogens is 1. The number of pyridine rings is 1. The van der Waals surface area contributed by atoms with Gasteiger partial charge in [-0.05, 0) is 55.0 Å². The highest BCUT2D eigenvalue weighted by atomic mass is 19.4. The molecule has 0 radical (unpaired) electrons. The number of rotatable bonds is 4. The lowest BCUT2D eigenvalue weighted by molar-refractivity contribution is -0.137. The summed E-state index contributed by atoms with van der Waals surface area (Å²) in [5, 5.41) is 0. The minimum atomic E-state index is -4.41. The van der Waals surface area contributed by atoms with E-state index in [9.17, 15) is 22.8 Å². The van der Waals surface area contributed by atoms with Crippen LogP contribution < -0.4 is 16.1 Å². The van der Waals surface area contributed by atoms with Crippen LogP contribution in [0.2, 0.25) is 0 Å². The highest BCUT2D eigenvalue weighted by Gasteiger charge is 2.30. The summed E-state index contributed by atoms with van der Waals surface area (Å²) in [5.74, 6) is -0.838. The van der Waals surface area contributed by atoms with E-state index in [4.69, 9.17) is 10.6 Å². The number of aryl methyl sites for hydroxylation is 1. The van der Waals surface area contributed by atoms with Gasteiger partial charge in [0.15, 0.2) is 0 Å². The fourth-order valence-electron chi connectivity index (χ4n) is 3.01.